The Morgan fingerprint density at radius 2 is 1.83 bits per heavy atom. The second-order valence-electron chi connectivity index (χ2n) is 4.48. The van der Waals surface area contributed by atoms with Crippen molar-refractivity contribution in [2.24, 2.45) is 22.2 Å². The van der Waals surface area contributed by atoms with E-state index >= 15 is 0 Å². The second-order valence-corrected chi connectivity index (χ2v) is 4.48. The summed E-state index contributed by atoms with van der Waals surface area (Å²) in [6, 6.07) is 3.05. The predicted molar refractivity (Wildman–Crippen MR) is 85.0 cm³/mol. The number of nitrogen functional groups attached to an aromatic ring is 1. The molecule has 0 amide bonds. The van der Waals surface area contributed by atoms with Crippen LogP contribution in [0.25, 0.3) is 0 Å². The lowest BCUT2D eigenvalue weighted by Gasteiger charge is -2.03. The summed E-state index contributed by atoms with van der Waals surface area (Å²) >= 11 is 0. The summed E-state index contributed by atoms with van der Waals surface area (Å²) in [5.41, 5.74) is 20.8. The highest BCUT2D eigenvalue weighted by Crippen LogP contribution is 2.19. The number of hydrogen-bond donors (Lipinski definition) is 7. The van der Waals surface area contributed by atoms with Crippen molar-refractivity contribution in [2.75, 3.05) is 12.3 Å². The summed E-state index contributed by atoms with van der Waals surface area (Å²) in [6.45, 7) is 0.420. The van der Waals surface area contributed by atoms with Gasteiger partial charge in [0.25, 0.3) is 0 Å². The quantitative estimate of drug-likeness (QED) is 0.149. The topological polar surface area (TPSA) is 211 Å². The van der Waals surface area contributed by atoms with Gasteiger partial charge in [0.2, 0.25) is 0 Å². The molecule has 0 aliphatic carbocycles. The van der Waals surface area contributed by atoms with Crippen LogP contribution < -0.4 is 22.9 Å². The van der Waals surface area contributed by atoms with E-state index in [1.54, 1.807) is 0 Å². The van der Waals surface area contributed by atoms with Crippen LogP contribution in [0.5, 0.6) is 5.75 Å². The average molecular weight is 327 g/mol. The van der Waals surface area contributed by atoms with Crippen LogP contribution in [0.2, 0.25) is 0 Å². The van der Waals surface area contributed by atoms with E-state index in [-0.39, 0.29) is 17.3 Å². The number of aromatic hydroxyl groups is 1. The molecule has 0 aliphatic heterocycles. The molecule has 10 nitrogen and oxygen atoms in total. The number of carboxylic acid groups (broad SMARTS) is 2. The van der Waals surface area contributed by atoms with Gasteiger partial charge in [-0.05, 0) is 25.0 Å². The summed E-state index contributed by atoms with van der Waals surface area (Å²) in [4.78, 5) is 24.2. The van der Waals surface area contributed by atoms with E-state index in [4.69, 9.17) is 38.3 Å². The Labute approximate surface area is 132 Å². The minimum absolute atomic E-state index is 0.0129. The van der Waals surface area contributed by atoms with Crippen molar-refractivity contribution < 1.29 is 24.9 Å². The molecule has 0 heterocycles. The van der Waals surface area contributed by atoms with Crippen molar-refractivity contribution in [2.45, 2.75) is 18.9 Å². The fourth-order valence-electron chi connectivity index (χ4n) is 1.37. The highest BCUT2D eigenvalue weighted by molar-refractivity contribution is 5.91. The Balaban J connectivity index is 0.000000422. The van der Waals surface area contributed by atoms with E-state index in [0.717, 1.165) is 0 Å². The number of hydrogen-bond acceptors (Lipinski definition) is 6. The van der Waals surface area contributed by atoms with Crippen LogP contribution in [-0.4, -0.2) is 45.8 Å². The summed E-state index contributed by atoms with van der Waals surface area (Å²) in [6.07, 6.45) is 0.956. The largest absolute Gasteiger partial charge is 0.507 e. The third-order valence-corrected chi connectivity index (χ3v) is 2.54. The number of nitrogens with zero attached hydrogens (tertiary/aromatic N) is 1. The molecule has 0 saturated carbocycles. The molecule has 0 spiro atoms. The molecule has 0 unspecified atom stereocenters. The van der Waals surface area contributed by atoms with Crippen LogP contribution in [0.15, 0.2) is 23.2 Å². The fraction of sp³-hybridized carbons (Fsp3) is 0.308. The van der Waals surface area contributed by atoms with E-state index in [1.807, 2.05) is 0 Å². The van der Waals surface area contributed by atoms with Crippen LogP contribution in [0, 0.1) is 0 Å². The number of aliphatic carboxylic acids is 1. The number of phenols is 1. The van der Waals surface area contributed by atoms with E-state index in [2.05, 4.69) is 4.99 Å². The predicted octanol–water partition coefficient (Wildman–Crippen LogP) is -0.875. The minimum Gasteiger partial charge on any atom is -0.507 e. The summed E-state index contributed by atoms with van der Waals surface area (Å²) < 4.78 is 0. The van der Waals surface area contributed by atoms with Gasteiger partial charge < -0.3 is 38.3 Å². The zero-order valence-corrected chi connectivity index (χ0v) is 12.3. The van der Waals surface area contributed by atoms with Crippen LogP contribution in [0.3, 0.4) is 0 Å². The van der Waals surface area contributed by atoms with E-state index in [1.165, 1.54) is 18.2 Å². The number of rotatable bonds is 6. The molecule has 23 heavy (non-hydrogen) atoms. The van der Waals surface area contributed by atoms with Crippen LogP contribution in [0.4, 0.5) is 5.69 Å². The van der Waals surface area contributed by atoms with Gasteiger partial charge >= 0.3 is 11.9 Å². The fourth-order valence-corrected chi connectivity index (χ4v) is 1.37. The van der Waals surface area contributed by atoms with Gasteiger partial charge in [0.15, 0.2) is 5.96 Å². The number of anilines is 1. The molecule has 10 heteroatoms. The third kappa shape index (κ3) is 8.78. The number of carboxylic acids is 2. The molecular weight excluding hydrogens is 306 g/mol. The maximum absolute atomic E-state index is 10.3. The first-order chi connectivity index (χ1) is 10.6. The van der Waals surface area contributed by atoms with Crippen molar-refractivity contribution >= 4 is 23.6 Å². The van der Waals surface area contributed by atoms with Gasteiger partial charge in [0, 0.05) is 18.3 Å². The Kier molecular flexibility index (Phi) is 8.55. The average Bonchev–Trinajstić information content (AvgIpc) is 2.43. The molecule has 1 aromatic carbocycles. The number of aromatic carboxylic acids is 1. The molecule has 0 radical (unpaired) electrons. The lowest BCUT2D eigenvalue weighted by atomic mass is 10.2. The number of nitrogens with two attached hydrogens (primary N) is 4. The molecule has 0 fully saturated rings. The second kappa shape index (κ2) is 9.84. The number of benzene rings is 1. The minimum atomic E-state index is -1.16. The molecular formula is C13H21N5O5. The van der Waals surface area contributed by atoms with Crippen LogP contribution >= 0.6 is 0 Å². The molecule has 0 bridgehead atoms. The van der Waals surface area contributed by atoms with Gasteiger partial charge in [0.05, 0.1) is 0 Å². The van der Waals surface area contributed by atoms with Crippen molar-refractivity contribution in [3.05, 3.63) is 23.8 Å². The van der Waals surface area contributed by atoms with E-state index in [9.17, 15) is 9.59 Å². The Morgan fingerprint density at radius 3 is 2.26 bits per heavy atom. The SMILES string of the molecule is NC(N)=NCCC[C@H](N)C(=O)O.Nc1ccc(C(=O)O)c(O)c1. The summed E-state index contributed by atoms with van der Waals surface area (Å²) in [7, 11) is 0. The Bertz CT molecular complexity index is 572. The maximum Gasteiger partial charge on any atom is 0.339 e. The molecule has 0 aromatic heterocycles. The highest BCUT2D eigenvalue weighted by atomic mass is 16.4. The molecule has 0 aliphatic rings. The van der Waals surface area contributed by atoms with E-state index < -0.39 is 18.0 Å². The first kappa shape index (κ1) is 20.0. The normalized spacial score (nSPS) is 10.8. The molecule has 1 atom stereocenters. The number of aliphatic imine (C=N–C) groups is 1. The van der Waals surface area contributed by atoms with E-state index in [0.29, 0.717) is 25.1 Å². The Morgan fingerprint density at radius 1 is 1.22 bits per heavy atom. The van der Waals surface area contributed by atoms with Gasteiger partial charge in [-0.1, -0.05) is 0 Å². The first-order valence-electron chi connectivity index (χ1n) is 6.50. The molecule has 1 aromatic rings. The van der Waals surface area contributed by atoms with Crippen molar-refractivity contribution in [1.82, 2.24) is 0 Å². The van der Waals surface area contributed by atoms with Gasteiger partial charge in [-0.3, -0.25) is 9.79 Å². The molecule has 1 rings (SSSR count). The Hall–Kier alpha value is -3.01. The van der Waals surface area contributed by atoms with Gasteiger partial charge in [-0.25, -0.2) is 4.79 Å². The lowest BCUT2D eigenvalue weighted by molar-refractivity contribution is -0.138. The molecule has 11 N–H and O–H groups in total. The summed E-state index contributed by atoms with van der Waals surface area (Å²) in [5, 5.41) is 25.8. The van der Waals surface area contributed by atoms with Gasteiger partial charge in [0.1, 0.15) is 17.4 Å². The molecule has 0 saturated heterocycles. The smallest absolute Gasteiger partial charge is 0.339 e. The van der Waals surface area contributed by atoms with Gasteiger partial charge in [-0.15, -0.1) is 0 Å². The molecule has 128 valence electrons. The number of carbonyl (C=O) groups is 2. The lowest BCUT2D eigenvalue weighted by Crippen LogP contribution is -2.30. The van der Waals surface area contributed by atoms with Crippen molar-refractivity contribution in [3.63, 3.8) is 0 Å². The van der Waals surface area contributed by atoms with Crippen molar-refractivity contribution in [3.8, 4) is 5.75 Å². The van der Waals surface area contributed by atoms with Gasteiger partial charge in [-0.2, -0.15) is 0 Å². The monoisotopic (exact) mass is 327 g/mol. The standard InChI is InChI=1S/C7H7NO3.C6H14N4O2/c8-4-1-2-5(7(10)11)6(9)3-4;7-4(5(11)12)2-1-3-10-6(8)9/h1-3,9H,8H2,(H,10,11);4H,1-3,7H2,(H,11,12)(H4,8,9,10)/t;4-/m.0/s1. The summed E-state index contributed by atoms with van der Waals surface area (Å²) in [5.74, 6) is -2.46. The van der Waals surface area contributed by atoms with Crippen LogP contribution in [-0.2, 0) is 4.79 Å². The highest BCUT2D eigenvalue weighted by Gasteiger charge is 2.09. The zero-order valence-electron chi connectivity index (χ0n) is 12.3. The third-order valence-electron chi connectivity index (χ3n) is 2.54. The van der Waals surface area contributed by atoms with Crippen molar-refractivity contribution in [1.29, 1.82) is 0 Å². The van der Waals surface area contributed by atoms with Crippen LogP contribution in [0.1, 0.15) is 23.2 Å². The number of guanidine groups is 1. The zero-order chi connectivity index (χ0) is 18.0. The first-order valence-corrected chi connectivity index (χ1v) is 6.50. The maximum atomic E-state index is 10.3.